The van der Waals surface area contributed by atoms with E-state index in [9.17, 15) is 0 Å². The molecule has 154 valence electrons. The summed E-state index contributed by atoms with van der Waals surface area (Å²) in [6.45, 7) is 7.77. The van der Waals surface area contributed by atoms with Crippen LogP contribution in [0.4, 0.5) is 0 Å². The number of aryl methyl sites for hydroxylation is 1. The van der Waals surface area contributed by atoms with Gasteiger partial charge in [-0.2, -0.15) is 0 Å². The van der Waals surface area contributed by atoms with Crippen molar-refractivity contribution < 1.29 is 14.0 Å². The molecule has 0 unspecified atom stereocenters. The summed E-state index contributed by atoms with van der Waals surface area (Å²) in [7, 11) is 6.08. The maximum Gasteiger partial charge on any atom is 0.586 e. The predicted octanol–water partition coefficient (Wildman–Crippen LogP) is 4.09. The van der Waals surface area contributed by atoms with Crippen LogP contribution >= 0.6 is 0 Å². The van der Waals surface area contributed by atoms with Gasteiger partial charge in [-0.1, -0.05) is 12.1 Å². The van der Waals surface area contributed by atoms with E-state index in [-0.39, 0.29) is 0 Å². The second-order valence-electron chi connectivity index (χ2n) is 7.01. The van der Waals surface area contributed by atoms with Crippen molar-refractivity contribution in [1.82, 2.24) is 4.98 Å². The molecule has 3 N–H and O–H groups in total. The number of ether oxygens (including phenoxy) is 2. The van der Waals surface area contributed by atoms with Crippen LogP contribution in [0.2, 0.25) is 0 Å². The number of hydrogen-bond acceptors (Lipinski definition) is 3. The van der Waals surface area contributed by atoms with Crippen LogP contribution in [0.25, 0.3) is 17.7 Å². The Morgan fingerprint density at radius 3 is 2.57 bits per heavy atom. The number of allylic oxidation sites excluding steroid dienone is 2. The lowest BCUT2D eigenvalue weighted by molar-refractivity contribution is -0.294. The summed E-state index contributed by atoms with van der Waals surface area (Å²) in [5.41, 5.74) is 12.2. The molecule has 6 heteroatoms. The molecule has 1 aromatic carbocycles. The van der Waals surface area contributed by atoms with Gasteiger partial charge in [-0.15, -0.1) is 0 Å². The summed E-state index contributed by atoms with van der Waals surface area (Å²) < 4.78 is 13.0. The Labute approximate surface area is 180 Å². The molecular formula is C24H29BN3O2+. The van der Waals surface area contributed by atoms with E-state index < -0.39 is 0 Å². The van der Waals surface area contributed by atoms with Crippen LogP contribution in [-0.2, 0) is 0 Å². The molecule has 2 heterocycles. The molecule has 2 radical (unpaired) electrons. The maximum atomic E-state index is 6.08. The van der Waals surface area contributed by atoms with Crippen LogP contribution in [0.1, 0.15) is 42.8 Å². The summed E-state index contributed by atoms with van der Waals surface area (Å²) >= 11 is 0. The second kappa shape index (κ2) is 10.2. The minimum atomic E-state index is 0.552. The third kappa shape index (κ3) is 4.94. The zero-order chi connectivity index (χ0) is 21.5. The molecule has 0 bridgehead atoms. The molecule has 0 amide bonds. The molecular weight excluding hydrogens is 373 g/mol. The number of nitrogens with two attached hydrogens (primary N) is 1. The van der Waals surface area contributed by atoms with Crippen molar-refractivity contribution in [2.45, 2.75) is 27.2 Å². The molecule has 0 atom stereocenters. The van der Waals surface area contributed by atoms with Gasteiger partial charge in [-0.05, 0) is 69.1 Å². The van der Waals surface area contributed by atoms with Gasteiger partial charge in [0.05, 0.1) is 18.9 Å². The minimum absolute atomic E-state index is 0.552. The van der Waals surface area contributed by atoms with Crippen LogP contribution in [0, 0.1) is 6.92 Å². The number of nitrogens with one attached hydrogen (secondary N) is 1. The summed E-state index contributed by atoms with van der Waals surface area (Å²) in [5.74, 6) is 1.52. The van der Waals surface area contributed by atoms with Gasteiger partial charge in [-0.3, -0.25) is 4.49 Å². The van der Waals surface area contributed by atoms with Gasteiger partial charge in [0.15, 0.2) is 17.2 Å². The molecule has 5 nitrogen and oxygen atoms in total. The Morgan fingerprint density at radius 1 is 1.13 bits per heavy atom. The van der Waals surface area contributed by atoms with E-state index >= 15 is 0 Å². The highest BCUT2D eigenvalue weighted by Crippen LogP contribution is 2.30. The van der Waals surface area contributed by atoms with Gasteiger partial charge in [0.1, 0.15) is 6.21 Å². The lowest BCUT2D eigenvalue weighted by atomic mass is 10.0. The zero-order valence-corrected chi connectivity index (χ0v) is 17.9. The quantitative estimate of drug-likeness (QED) is 0.621. The first kappa shape index (κ1) is 21.7. The van der Waals surface area contributed by atoms with Gasteiger partial charge in [0, 0.05) is 23.4 Å². The third-order valence-corrected chi connectivity index (χ3v) is 4.84. The normalized spacial score (nSPS) is 15.0. The molecule has 0 aliphatic carbocycles. The monoisotopic (exact) mass is 402 g/mol. The van der Waals surface area contributed by atoms with Gasteiger partial charge in [-0.25, -0.2) is 0 Å². The minimum Gasteiger partial charge on any atom is -0.490 e. The highest BCUT2D eigenvalue weighted by atomic mass is 16.5. The van der Waals surface area contributed by atoms with Crippen LogP contribution < -0.4 is 15.2 Å². The largest absolute Gasteiger partial charge is 0.586 e. The second-order valence-corrected chi connectivity index (χ2v) is 7.01. The van der Waals surface area contributed by atoms with Crippen molar-refractivity contribution >= 4 is 31.9 Å². The number of benzene rings is 1. The number of H-pyrrole nitrogens is 1. The van der Waals surface area contributed by atoms with Crippen molar-refractivity contribution in [2.75, 3.05) is 19.8 Å². The lowest BCUT2D eigenvalue weighted by Crippen LogP contribution is -2.09. The number of aromatic nitrogens is 1. The number of aromatic amines is 1. The van der Waals surface area contributed by atoms with Gasteiger partial charge >= 0.3 is 7.98 Å². The maximum absolute atomic E-state index is 6.08. The van der Waals surface area contributed by atoms with Crippen LogP contribution in [-0.4, -0.2) is 43.4 Å². The molecule has 1 aliphatic rings. The Hall–Kier alpha value is -2.99. The summed E-state index contributed by atoms with van der Waals surface area (Å²) in [4.78, 5) is 3.52. The molecule has 0 fully saturated rings. The van der Waals surface area contributed by atoms with Crippen molar-refractivity contribution in [3.05, 3.63) is 64.6 Å². The Bertz CT molecular complexity index is 1020. The highest BCUT2D eigenvalue weighted by molar-refractivity contribution is 6.01. The first-order valence-corrected chi connectivity index (χ1v) is 10.3. The first-order chi connectivity index (χ1) is 14.6. The fraction of sp³-hybridized carbons (Fsp3) is 0.292. The number of rotatable bonds is 9. The van der Waals surface area contributed by atoms with E-state index in [1.807, 2.05) is 50.4 Å². The molecule has 30 heavy (non-hydrogen) atoms. The van der Waals surface area contributed by atoms with E-state index in [0.717, 1.165) is 51.7 Å². The first-order valence-electron chi connectivity index (χ1n) is 10.3. The van der Waals surface area contributed by atoms with Crippen molar-refractivity contribution in [1.29, 1.82) is 0 Å². The third-order valence-electron chi connectivity index (χ3n) is 4.84. The summed E-state index contributed by atoms with van der Waals surface area (Å²) in [6, 6.07) is 8.09. The van der Waals surface area contributed by atoms with Gasteiger partial charge in [0.25, 0.3) is 0 Å². The molecule has 0 saturated heterocycles. The van der Waals surface area contributed by atoms with E-state index in [4.69, 9.17) is 23.2 Å². The molecule has 0 saturated carbocycles. The van der Waals surface area contributed by atoms with E-state index in [1.165, 1.54) is 0 Å². The van der Waals surface area contributed by atoms with Crippen LogP contribution in [0.3, 0.4) is 0 Å². The van der Waals surface area contributed by atoms with Crippen LogP contribution in [0.15, 0.2) is 42.1 Å². The lowest BCUT2D eigenvalue weighted by Gasteiger charge is -2.11. The molecule has 1 aliphatic heterocycles. The molecule has 3 rings (SSSR count). The smallest absolute Gasteiger partial charge is 0.490 e. The fourth-order valence-electron chi connectivity index (χ4n) is 3.52. The average Bonchev–Trinajstić information content (AvgIpc) is 3.32. The van der Waals surface area contributed by atoms with Gasteiger partial charge < -0.3 is 20.2 Å². The number of hydrogen-bond donors (Lipinski definition) is 2. The highest BCUT2D eigenvalue weighted by Gasteiger charge is 2.20. The van der Waals surface area contributed by atoms with E-state index in [1.54, 1.807) is 4.49 Å². The summed E-state index contributed by atoms with van der Waals surface area (Å²) in [6.07, 6.45) is 10.6. The average molecular weight is 402 g/mol. The zero-order valence-electron chi connectivity index (χ0n) is 17.9. The predicted molar refractivity (Wildman–Crippen MR) is 125 cm³/mol. The topological polar surface area (TPSA) is 63.3 Å². The van der Waals surface area contributed by atoms with Crippen LogP contribution in [0.5, 0.6) is 11.5 Å². The van der Waals surface area contributed by atoms with E-state index in [0.29, 0.717) is 19.8 Å². The van der Waals surface area contributed by atoms with Crippen molar-refractivity contribution in [2.24, 2.45) is 5.73 Å². The molecule has 1 aromatic heterocycles. The molecule has 2 aromatic rings. The fourth-order valence-corrected chi connectivity index (χ4v) is 3.52. The summed E-state index contributed by atoms with van der Waals surface area (Å²) in [5, 5.41) is 0. The van der Waals surface area contributed by atoms with Crippen molar-refractivity contribution in [3.63, 3.8) is 0 Å². The molecule has 0 spiro atoms. The van der Waals surface area contributed by atoms with E-state index in [2.05, 4.69) is 30.1 Å². The standard InChI is InChI=1S/C24H29BN3O2/c1-4-29-22-11-9-18(16-23(22)30-5-2)8-10-19-15-17(3)24(27-19)20(12-13-26)21-7-6-14-28(21)25/h6-11,14-16,27H,4-5,12-13,26H2,1-3H3/q+1/b10-8+. The van der Waals surface area contributed by atoms with Gasteiger partial charge in [0.2, 0.25) is 0 Å². The van der Waals surface area contributed by atoms with Crippen molar-refractivity contribution in [3.8, 4) is 11.5 Å². The Morgan fingerprint density at radius 2 is 1.90 bits per heavy atom. The Balaban J connectivity index is 1.89. The SMILES string of the molecule is [B][N+]1=CC=CC1=C(CCN)c1[nH]c(/C=C/c2ccc(OCC)c(OCC)c2)cc1C. The number of nitrogens with zero attached hydrogens (tertiary/aromatic N) is 1. The Kier molecular flexibility index (Phi) is 7.36.